The molecule has 20 heavy (non-hydrogen) atoms. The first-order valence-electron chi connectivity index (χ1n) is 6.83. The molecule has 1 aromatic carbocycles. The van der Waals surface area contributed by atoms with Gasteiger partial charge in [-0.15, -0.1) is 0 Å². The average Bonchev–Trinajstić information content (AvgIpc) is 2.77. The maximum Gasteiger partial charge on any atom is 0.269 e. The quantitative estimate of drug-likeness (QED) is 0.641. The van der Waals surface area contributed by atoms with Gasteiger partial charge in [0.1, 0.15) is 0 Å². The lowest BCUT2D eigenvalue weighted by atomic mass is 10.0. The molecule has 1 aliphatic rings. The normalized spacial score (nSPS) is 21.4. The second kappa shape index (κ2) is 4.82. The molecule has 0 saturated heterocycles. The van der Waals surface area contributed by atoms with E-state index in [0.717, 1.165) is 0 Å². The molecule has 1 saturated carbocycles. The Kier molecular flexibility index (Phi) is 3.60. The van der Waals surface area contributed by atoms with E-state index in [1.807, 2.05) is 0 Å². The summed E-state index contributed by atoms with van der Waals surface area (Å²) in [6.07, 6.45) is -0.650. The lowest BCUT2D eigenvalue weighted by molar-refractivity contribution is -0.384. The third-order valence-corrected chi connectivity index (χ3v) is 5.02. The Bertz CT molecular complexity index is 494. The minimum atomic E-state index is -0.650. The summed E-state index contributed by atoms with van der Waals surface area (Å²) in [5.74, 6) is 0. The van der Waals surface area contributed by atoms with Crippen LogP contribution < -0.4 is 5.32 Å². The molecule has 0 heterocycles. The van der Waals surface area contributed by atoms with E-state index in [2.05, 4.69) is 33.0 Å². The SMILES string of the molecule is CC1(C)C(NCC(O)c2ccc([N+](=O)[O-])cc2)C1(C)C. The summed E-state index contributed by atoms with van der Waals surface area (Å²) in [6, 6.07) is 6.43. The standard InChI is InChI=1S/C15H22N2O3/c1-14(2)13(15(14,3)4)16-9-12(18)10-5-7-11(8-6-10)17(19)20/h5-8,12-13,16,18H,9H2,1-4H3. The monoisotopic (exact) mass is 278 g/mol. The summed E-state index contributed by atoms with van der Waals surface area (Å²) in [7, 11) is 0. The Hall–Kier alpha value is -1.46. The van der Waals surface area contributed by atoms with Gasteiger partial charge in [-0.1, -0.05) is 27.7 Å². The molecule has 1 fully saturated rings. The fourth-order valence-electron chi connectivity index (χ4n) is 2.87. The largest absolute Gasteiger partial charge is 0.387 e. The summed E-state index contributed by atoms with van der Waals surface area (Å²) in [6.45, 7) is 9.30. The highest BCUT2D eigenvalue weighted by molar-refractivity contribution is 5.34. The van der Waals surface area contributed by atoms with Crippen molar-refractivity contribution in [2.24, 2.45) is 10.8 Å². The third kappa shape index (κ3) is 2.43. The van der Waals surface area contributed by atoms with Gasteiger partial charge in [-0.3, -0.25) is 10.1 Å². The van der Waals surface area contributed by atoms with Crippen molar-refractivity contribution in [3.8, 4) is 0 Å². The molecule has 1 aromatic rings. The molecule has 5 heteroatoms. The maximum absolute atomic E-state index is 10.6. The highest BCUT2D eigenvalue weighted by atomic mass is 16.6. The first-order valence-corrected chi connectivity index (χ1v) is 6.83. The van der Waals surface area contributed by atoms with Gasteiger partial charge in [-0.2, -0.15) is 0 Å². The molecule has 1 aliphatic carbocycles. The van der Waals surface area contributed by atoms with Crippen LogP contribution in [0.25, 0.3) is 0 Å². The molecule has 2 rings (SSSR count). The lowest BCUT2D eigenvalue weighted by Crippen LogP contribution is -2.27. The van der Waals surface area contributed by atoms with Crippen LogP contribution in [0.1, 0.15) is 39.4 Å². The van der Waals surface area contributed by atoms with Gasteiger partial charge < -0.3 is 10.4 Å². The molecule has 0 aliphatic heterocycles. The van der Waals surface area contributed by atoms with Crippen molar-refractivity contribution in [2.45, 2.75) is 39.8 Å². The number of rotatable bonds is 5. The highest BCUT2D eigenvalue weighted by Gasteiger charge is 2.64. The van der Waals surface area contributed by atoms with Gasteiger partial charge in [0, 0.05) is 24.7 Å². The Labute approximate surface area is 119 Å². The molecule has 1 atom stereocenters. The van der Waals surface area contributed by atoms with E-state index in [9.17, 15) is 15.2 Å². The van der Waals surface area contributed by atoms with Crippen LogP contribution in [-0.4, -0.2) is 22.6 Å². The minimum Gasteiger partial charge on any atom is -0.387 e. The lowest BCUT2D eigenvalue weighted by Gasteiger charge is -2.13. The van der Waals surface area contributed by atoms with Crippen molar-refractivity contribution >= 4 is 5.69 Å². The zero-order valence-electron chi connectivity index (χ0n) is 12.4. The molecule has 0 spiro atoms. The number of nitrogens with zero attached hydrogens (tertiary/aromatic N) is 1. The molecular formula is C15H22N2O3. The molecular weight excluding hydrogens is 256 g/mol. The number of hydrogen-bond acceptors (Lipinski definition) is 4. The van der Waals surface area contributed by atoms with Gasteiger partial charge in [0.25, 0.3) is 5.69 Å². The molecule has 1 unspecified atom stereocenters. The molecule has 110 valence electrons. The van der Waals surface area contributed by atoms with Crippen molar-refractivity contribution in [2.75, 3.05) is 6.54 Å². The number of aliphatic hydroxyl groups is 1. The van der Waals surface area contributed by atoms with Crippen molar-refractivity contribution in [1.29, 1.82) is 0 Å². The number of nitrogens with one attached hydrogen (secondary N) is 1. The molecule has 0 bridgehead atoms. The summed E-state index contributed by atoms with van der Waals surface area (Å²) >= 11 is 0. The molecule has 2 N–H and O–H groups in total. The Morgan fingerprint density at radius 2 is 1.75 bits per heavy atom. The third-order valence-electron chi connectivity index (χ3n) is 5.02. The van der Waals surface area contributed by atoms with Gasteiger partial charge in [0.05, 0.1) is 11.0 Å². The Morgan fingerprint density at radius 3 is 2.15 bits per heavy atom. The van der Waals surface area contributed by atoms with Crippen LogP contribution in [0.2, 0.25) is 0 Å². The number of hydrogen-bond donors (Lipinski definition) is 2. The fourth-order valence-corrected chi connectivity index (χ4v) is 2.87. The molecule has 0 amide bonds. The van der Waals surface area contributed by atoms with E-state index in [1.54, 1.807) is 12.1 Å². The zero-order chi connectivity index (χ0) is 15.1. The zero-order valence-corrected chi connectivity index (χ0v) is 12.4. The van der Waals surface area contributed by atoms with Crippen LogP contribution in [0.4, 0.5) is 5.69 Å². The van der Waals surface area contributed by atoms with Gasteiger partial charge in [0.2, 0.25) is 0 Å². The van der Waals surface area contributed by atoms with Gasteiger partial charge in [-0.05, 0) is 28.5 Å². The second-order valence-corrected chi connectivity index (χ2v) is 6.65. The number of aliphatic hydroxyl groups excluding tert-OH is 1. The van der Waals surface area contributed by atoms with Crippen LogP contribution >= 0.6 is 0 Å². The van der Waals surface area contributed by atoms with Crippen molar-refractivity contribution in [3.05, 3.63) is 39.9 Å². The van der Waals surface area contributed by atoms with Crippen molar-refractivity contribution in [1.82, 2.24) is 5.32 Å². The van der Waals surface area contributed by atoms with Crippen LogP contribution in [0.3, 0.4) is 0 Å². The number of benzene rings is 1. The van der Waals surface area contributed by atoms with Gasteiger partial charge >= 0.3 is 0 Å². The predicted octanol–water partition coefficient (Wildman–Crippen LogP) is 2.65. The van der Waals surface area contributed by atoms with E-state index in [1.165, 1.54) is 12.1 Å². The Balaban J connectivity index is 1.93. The Morgan fingerprint density at radius 1 is 1.25 bits per heavy atom. The first-order chi connectivity index (χ1) is 9.18. The summed E-state index contributed by atoms with van der Waals surface area (Å²) in [5, 5.41) is 24.1. The van der Waals surface area contributed by atoms with Gasteiger partial charge in [-0.25, -0.2) is 0 Å². The van der Waals surface area contributed by atoms with Crippen LogP contribution in [0.15, 0.2) is 24.3 Å². The highest BCUT2D eigenvalue weighted by Crippen LogP contribution is 2.62. The minimum absolute atomic E-state index is 0.0402. The predicted molar refractivity (Wildman–Crippen MR) is 77.4 cm³/mol. The van der Waals surface area contributed by atoms with Crippen molar-refractivity contribution in [3.63, 3.8) is 0 Å². The van der Waals surface area contributed by atoms with E-state index in [4.69, 9.17) is 0 Å². The summed E-state index contributed by atoms with van der Waals surface area (Å²) < 4.78 is 0. The van der Waals surface area contributed by atoms with Crippen LogP contribution in [0, 0.1) is 20.9 Å². The topological polar surface area (TPSA) is 75.4 Å². The van der Waals surface area contributed by atoms with Crippen LogP contribution in [-0.2, 0) is 0 Å². The maximum atomic E-state index is 10.6. The van der Waals surface area contributed by atoms with E-state index >= 15 is 0 Å². The fraction of sp³-hybridized carbons (Fsp3) is 0.600. The smallest absolute Gasteiger partial charge is 0.269 e. The number of nitro groups is 1. The van der Waals surface area contributed by atoms with E-state index < -0.39 is 11.0 Å². The van der Waals surface area contributed by atoms with E-state index in [-0.39, 0.29) is 16.5 Å². The van der Waals surface area contributed by atoms with Crippen LogP contribution in [0.5, 0.6) is 0 Å². The average molecular weight is 278 g/mol. The first kappa shape index (κ1) is 14.9. The second-order valence-electron chi connectivity index (χ2n) is 6.65. The number of non-ortho nitro benzene ring substituents is 1. The summed E-state index contributed by atoms with van der Waals surface area (Å²) in [4.78, 5) is 10.1. The number of nitro benzene ring substituents is 1. The van der Waals surface area contributed by atoms with Crippen molar-refractivity contribution < 1.29 is 10.0 Å². The molecule has 0 radical (unpaired) electrons. The van der Waals surface area contributed by atoms with Gasteiger partial charge in [0.15, 0.2) is 0 Å². The molecule has 5 nitrogen and oxygen atoms in total. The molecule has 0 aromatic heterocycles. The summed E-state index contributed by atoms with van der Waals surface area (Å²) in [5.41, 5.74) is 1.18. The van der Waals surface area contributed by atoms with E-state index in [0.29, 0.717) is 18.2 Å².